The van der Waals surface area contributed by atoms with Crippen molar-refractivity contribution < 1.29 is 19.4 Å². The van der Waals surface area contributed by atoms with E-state index in [4.69, 9.17) is 14.6 Å². The molecule has 0 unspecified atom stereocenters. The molecule has 0 spiro atoms. The van der Waals surface area contributed by atoms with Gasteiger partial charge in [-0.15, -0.1) is 0 Å². The van der Waals surface area contributed by atoms with Gasteiger partial charge in [0.15, 0.2) is 0 Å². The maximum absolute atomic E-state index is 11.1. The molecular formula is C13H20O4. The van der Waals surface area contributed by atoms with Gasteiger partial charge in [0.25, 0.3) is 0 Å². The number of phenolic OH excluding ortho intramolecular Hbond substituents is 1. The zero-order chi connectivity index (χ0) is 13.1. The molecule has 1 aromatic carbocycles. The highest BCUT2D eigenvalue weighted by molar-refractivity contribution is 5.89. The van der Waals surface area contributed by atoms with Gasteiger partial charge in [-0.3, -0.25) is 0 Å². The van der Waals surface area contributed by atoms with E-state index < -0.39 is 0 Å². The fourth-order valence-electron chi connectivity index (χ4n) is 1.02. The molecule has 1 aromatic rings. The van der Waals surface area contributed by atoms with E-state index in [0.29, 0.717) is 12.2 Å². The van der Waals surface area contributed by atoms with Crippen molar-refractivity contribution in [3.63, 3.8) is 0 Å². The van der Waals surface area contributed by atoms with E-state index in [2.05, 4.69) is 0 Å². The smallest absolute Gasteiger partial charge is 0.338 e. The van der Waals surface area contributed by atoms with Gasteiger partial charge in [-0.1, -0.05) is 0 Å². The van der Waals surface area contributed by atoms with Gasteiger partial charge in [0.05, 0.1) is 12.2 Å². The molecule has 0 amide bonds. The molecule has 0 saturated heterocycles. The first-order valence-electron chi connectivity index (χ1n) is 5.69. The van der Waals surface area contributed by atoms with E-state index in [1.54, 1.807) is 6.92 Å². The van der Waals surface area contributed by atoms with Gasteiger partial charge < -0.3 is 14.6 Å². The van der Waals surface area contributed by atoms with E-state index in [0.717, 1.165) is 13.2 Å². The number of hydrogen-bond acceptors (Lipinski definition) is 4. The number of aromatic hydroxyl groups is 1. The molecule has 4 heteroatoms. The molecule has 0 aliphatic heterocycles. The molecule has 0 aliphatic rings. The van der Waals surface area contributed by atoms with Crippen LogP contribution >= 0.6 is 0 Å². The lowest BCUT2D eigenvalue weighted by Gasteiger charge is -2.00. The van der Waals surface area contributed by atoms with Crippen molar-refractivity contribution in [2.45, 2.75) is 20.8 Å². The van der Waals surface area contributed by atoms with Crippen molar-refractivity contribution in [2.75, 3.05) is 19.8 Å². The Bertz CT molecular complexity index is 304. The van der Waals surface area contributed by atoms with Crippen LogP contribution in [0, 0.1) is 0 Å². The van der Waals surface area contributed by atoms with E-state index in [1.165, 1.54) is 24.3 Å². The monoisotopic (exact) mass is 240 g/mol. The Hall–Kier alpha value is -1.55. The van der Waals surface area contributed by atoms with Gasteiger partial charge in [-0.2, -0.15) is 0 Å². The van der Waals surface area contributed by atoms with Crippen LogP contribution in [0.4, 0.5) is 0 Å². The minimum atomic E-state index is -0.363. The van der Waals surface area contributed by atoms with Crippen LogP contribution in [-0.4, -0.2) is 30.9 Å². The summed E-state index contributed by atoms with van der Waals surface area (Å²) in [5.74, 6) is -0.222. The molecular weight excluding hydrogens is 220 g/mol. The maximum atomic E-state index is 11.1. The van der Waals surface area contributed by atoms with E-state index >= 15 is 0 Å². The fourth-order valence-corrected chi connectivity index (χ4v) is 1.02. The van der Waals surface area contributed by atoms with Crippen LogP contribution in [-0.2, 0) is 9.47 Å². The predicted molar refractivity (Wildman–Crippen MR) is 66.2 cm³/mol. The number of hydrogen-bond donors (Lipinski definition) is 1. The van der Waals surface area contributed by atoms with Crippen LogP contribution in [0.25, 0.3) is 0 Å². The first-order chi connectivity index (χ1) is 8.15. The van der Waals surface area contributed by atoms with E-state index in [9.17, 15) is 4.79 Å². The normalized spacial score (nSPS) is 9.12. The predicted octanol–water partition coefficient (Wildman–Crippen LogP) is 2.61. The molecule has 0 atom stereocenters. The lowest BCUT2D eigenvalue weighted by Crippen LogP contribution is -2.03. The summed E-state index contributed by atoms with van der Waals surface area (Å²) in [6.45, 7) is 7.78. The zero-order valence-electron chi connectivity index (χ0n) is 10.6. The molecule has 0 bridgehead atoms. The molecule has 1 N–H and O–H groups in total. The van der Waals surface area contributed by atoms with Crippen LogP contribution < -0.4 is 0 Å². The zero-order valence-corrected chi connectivity index (χ0v) is 10.6. The largest absolute Gasteiger partial charge is 0.508 e. The third-order valence-corrected chi connectivity index (χ3v) is 1.79. The van der Waals surface area contributed by atoms with Gasteiger partial charge in [-0.05, 0) is 45.0 Å². The van der Waals surface area contributed by atoms with Crippen molar-refractivity contribution in [2.24, 2.45) is 0 Å². The molecule has 0 heterocycles. The summed E-state index contributed by atoms with van der Waals surface area (Å²) in [5, 5.41) is 8.92. The number of rotatable bonds is 4. The van der Waals surface area contributed by atoms with Crippen LogP contribution in [0.3, 0.4) is 0 Å². The summed E-state index contributed by atoms with van der Waals surface area (Å²) in [5.41, 5.74) is 0.453. The highest BCUT2D eigenvalue weighted by Crippen LogP contribution is 2.10. The standard InChI is InChI=1S/C9H10O3.C4H10O/c1-2-12-9(11)7-3-5-8(10)6-4-7;1-3-5-4-2/h3-6,10H,2H2,1H3;3-4H2,1-2H3. The second-order valence-corrected chi connectivity index (χ2v) is 3.05. The third kappa shape index (κ3) is 7.36. The Balaban J connectivity index is 0.000000437. The fraction of sp³-hybridized carbons (Fsp3) is 0.462. The summed E-state index contributed by atoms with van der Waals surface area (Å²) in [7, 11) is 0. The number of carbonyl (C=O) groups excluding carboxylic acids is 1. The second-order valence-electron chi connectivity index (χ2n) is 3.05. The SMILES string of the molecule is CCOC(=O)c1ccc(O)cc1.CCOCC. The van der Waals surface area contributed by atoms with Crippen molar-refractivity contribution in [1.29, 1.82) is 0 Å². The van der Waals surface area contributed by atoms with Crippen LogP contribution in [0.1, 0.15) is 31.1 Å². The van der Waals surface area contributed by atoms with Gasteiger partial charge in [-0.25, -0.2) is 4.79 Å². The first kappa shape index (κ1) is 15.4. The lowest BCUT2D eigenvalue weighted by molar-refractivity contribution is 0.0526. The first-order valence-corrected chi connectivity index (χ1v) is 5.69. The Labute approximate surface area is 102 Å². The highest BCUT2D eigenvalue weighted by Gasteiger charge is 2.04. The maximum Gasteiger partial charge on any atom is 0.338 e. The van der Waals surface area contributed by atoms with Crippen molar-refractivity contribution in [3.05, 3.63) is 29.8 Å². The Kier molecular flexibility index (Phi) is 8.78. The molecule has 0 saturated carbocycles. The molecule has 96 valence electrons. The highest BCUT2D eigenvalue weighted by atomic mass is 16.5. The average Bonchev–Trinajstić information content (AvgIpc) is 2.32. The number of ether oxygens (including phenoxy) is 2. The molecule has 0 aromatic heterocycles. The molecule has 17 heavy (non-hydrogen) atoms. The van der Waals surface area contributed by atoms with Crippen molar-refractivity contribution in [3.8, 4) is 5.75 Å². The van der Waals surface area contributed by atoms with Gasteiger partial charge in [0.2, 0.25) is 0 Å². The topological polar surface area (TPSA) is 55.8 Å². The minimum absolute atomic E-state index is 0.142. The third-order valence-electron chi connectivity index (χ3n) is 1.79. The summed E-state index contributed by atoms with van der Waals surface area (Å²) in [6, 6.07) is 5.94. The number of carbonyl (C=O) groups is 1. The van der Waals surface area contributed by atoms with Crippen LogP contribution in [0.2, 0.25) is 0 Å². The quantitative estimate of drug-likeness (QED) is 0.822. The second kappa shape index (κ2) is 9.66. The average molecular weight is 240 g/mol. The molecule has 1 rings (SSSR count). The summed E-state index contributed by atoms with van der Waals surface area (Å²) in [4.78, 5) is 11.1. The summed E-state index contributed by atoms with van der Waals surface area (Å²) in [6.07, 6.45) is 0. The number of esters is 1. The van der Waals surface area contributed by atoms with Crippen LogP contribution in [0.15, 0.2) is 24.3 Å². The Morgan fingerprint density at radius 2 is 1.59 bits per heavy atom. The van der Waals surface area contributed by atoms with Crippen molar-refractivity contribution in [1.82, 2.24) is 0 Å². The van der Waals surface area contributed by atoms with E-state index in [-0.39, 0.29) is 11.7 Å². The lowest BCUT2D eigenvalue weighted by atomic mass is 10.2. The number of benzene rings is 1. The Morgan fingerprint density at radius 3 is 1.94 bits per heavy atom. The minimum Gasteiger partial charge on any atom is -0.508 e. The molecule has 0 aliphatic carbocycles. The van der Waals surface area contributed by atoms with Crippen LogP contribution in [0.5, 0.6) is 5.75 Å². The van der Waals surface area contributed by atoms with Gasteiger partial charge in [0.1, 0.15) is 5.75 Å². The Morgan fingerprint density at radius 1 is 1.06 bits per heavy atom. The van der Waals surface area contributed by atoms with Gasteiger partial charge >= 0.3 is 5.97 Å². The summed E-state index contributed by atoms with van der Waals surface area (Å²) < 4.78 is 9.58. The number of phenols is 1. The van der Waals surface area contributed by atoms with Gasteiger partial charge in [0, 0.05) is 13.2 Å². The molecule has 0 radical (unpaired) electrons. The summed E-state index contributed by atoms with van der Waals surface area (Å²) >= 11 is 0. The van der Waals surface area contributed by atoms with E-state index in [1.807, 2.05) is 13.8 Å². The van der Waals surface area contributed by atoms with Crippen molar-refractivity contribution >= 4 is 5.97 Å². The molecule has 4 nitrogen and oxygen atoms in total. The molecule has 0 fully saturated rings.